The molecule has 0 fully saturated rings. The first kappa shape index (κ1) is 13.8. The molecule has 0 N–H and O–H groups in total. The summed E-state index contributed by atoms with van der Waals surface area (Å²) in [5.41, 5.74) is 0. The Kier molecular flexibility index (Phi) is 6.20. The number of thiol groups is 1. The van der Waals surface area contributed by atoms with Crippen molar-refractivity contribution in [3.05, 3.63) is 0 Å². The molecule has 0 heterocycles. The molecule has 0 aliphatic heterocycles. The first-order valence-electron chi connectivity index (χ1n) is 5.01. The molecule has 0 aromatic rings. The molecular formula is C10H22N2OS. The van der Waals surface area contributed by atoms with Crippen molar-refractivity contribution in [2.45, 2.75) is 45.7 Å². The van der Waals surface area contributed by atoms with Crippen LogP contribution in [0.25, 0.3) is 0 Å². The van der Waals surface area contributed by atoms with Crippen LogP contribution in [0.2, 0.25) is 0 Å². The van der Waals surface area contributed by atoms with E-state index >= 15 is 0 Å². The summed E-state index contributed by atoms with van der Waals surface area (Å²) < 4.78 is 1.90. The van der Waals surface area contributed by atoms with Crippen LogP contribution in [0, 0.1) is 0 Å². The van der Waals surface area contributed by atoms with Crippen molar-refractivity contribution in [3.63, 3.8) is 0 Å². The van der Waals surface area contributed by atoms with Gasteiger partial charge in [0.15, 0.2) is 0 Å². The van der Waals surface area contributed by atoms with Gasteiger partial charge in [-0.15, -0.1) is 0 Å². The summed E-state index contributed by atoms with van der Waals surface area (Å²) in [7, 11) is 3.80. The molecule has 0 bridgehead atoms. The van der Waals surface area contributed by atoms with Crippen molar-refractivity contribution < 1.29 is 4.79 Å². The highest BCUT2D eigenvalue weighted by Crippen LogP contribution is 2.11. The molecule has 84 valence electrons. The summed E-state index contributed by atoms with van der Waals surface area (Å²) in [5.74, 6) is 0.129. The second-order valence-electron chi connectivity index (χ2n) is 3.98. The topological polar surface area (TPSA) is 23.6 Å². The number of hydrogen-bond donors (Lipinski definition) is 1. The predicted octanol–water partition coefficient (Wildman–Crippen LogP) is 1.80. The summed E-state index contributed by atoms with van der Waals surface area (Å²) in [6, 6.07) is 0.754. The predicted molar refractivity (Wildman–Crippen MR) is 63.4 cm³/mol. The molecule has 4 heteroatoms. The maximum absolute atomic E-state index is 11.1. The third-order valence-electron chi connectivity index (χ3n) is 2.80. The summed E-state index contributed by atoms with van der Waals surface area (Å²) in [6.45, 7) is 5.81. The van der Waals surface area contributed by atoms with Crippen molar-refractivity contribution >= 4 is 18.7 Å². The Morgan fingerprint density at radius 1 is 1.21 bits per heavy atom. The molecule has 3 nitrogen and oxygen atoms in total. The van der Waals surface area contributed by atoms with Crippen LogP contribution >= 0.6 is 12.8 Å². The first-order chi connectivity index (χ1) is 6.36. The third kappa shape index (κ3) is 4.86. The van der Waals surface area contributed by atoms with Crippen molar-refractivity contribution in [3.8, 4) is 0 Å². The van der Waals surface area contributed by atoms with E-state index < -0.39 is 0 Å². The van der Waals surface area contributed by atoms with Crippen LogP contribution in [0.15, 0.2) is 0 Å². The smallest absolute Gasteiger partial charge is 0.219 e. The van der Waals surface area contributed by atoms with E-state index in [0.29, 0.717) is 12.1 Å². The fourth-order valence-electron chi connectivity index (χ4n) is 1.17. The number of hydrogen-bond acceptors (Lipinski definition) is 3. The Morgan fingerprint density at radius 2 is 1.64 bits per heavy atom. The van der Waals surface area contributed by atoms with Gasteiger partial charge in [-0.3, -0.25) is 9.10 Å². The standard InChI is InChI=1S/C10H22N2OS/c1-8(11(4)10(3)13)6-7-9(2)12(5)14/h8-9,14H,6-7H2,1-5H3. The van der Waals surface area contributed by atoms with E-state index in [1.54, 1.807) is 11.8 Å². The van der Waals surface area contributed by atoms with Gasteiger partial charge in [0.25, 0.3) is 0 Å². The second-order valence-corrected chi connectivity index (χ2v) is 4.61. The molecule has 1 amide bonds. The highest BCUT2D eigenvalue weighted by molar-refractivity contribution is 7.77. The third-order valence-corrected chi connectivity index (χ3v) is 3.19. The Hall–Kier alpha value is -0.220. The molecule has 0 saturated carbocycles. The van der Waals surface area contributed by atoms with Crippen LogP contribution in [0.4, 0.5) is 0 Å². The molecule has 0 aliphatic rings. The summed E-state index contributed by atoms with van der Waals surface area (Å²) in [5, 5.41) is 0. The van der Waals surface area contributed by atoms with E-state index in [9.17, 15) is 4.79 Å². The minimum atomic E-state index is 0.129. The van der Waals surface area contributed by atoms with Crippen molar-refractivity contribution in [1.29, 1.82) is 0 Å². The maximum atomic E-state index is 11.1. The highest BCUT2D eigenvalue weighted by Gasteiger charge is 2.13. The van der Waals surface area contributed by atoms with Gasteiger partial charge < -0.3 is 4.90 Å². The number of carbonyl (C=O) groups excluding carboxylic acids is 1. The maximum Gasteiger partial charge on any atom is 0.219 e. The lowest BCUT2D eigenvalue weighted by Crippen LogP contribution is -2.34. The molecule has 14 heavy (non-hydrogen) atoms. The van der Waals surface area contributed by atoms with Crippen LogP contribution in [-0.4, -0.2) is 41.3 Å². The summed E-state index contributed by atoms with van der Waals surface area (Å²) in [4.78, 5) is 12.8. The quantitative estimate of drug-likeness (QED) is 0.711. The van der Waals surface area contributed by atoms with Gasteiger partial charge in [-0.05, 0) is 33.7 Å². The minimum absolute atomic E-state index is 0.129. The Balaban J connectivity index is 3.84. The van der Waals surface area contributed by atoms with Gasteiger partial charge in [0, 0.05) is 26.1 Å². The molecule has 0 radical (unpaired) electrons. The van der Waals surface area contributed by atoms with E-state index in [0.717, 1.165) is 12.8 Å². The number of nitrogens with zero attached hydrogens (tertiary/aromatic N) is 2. The SMILES string of the molecule is CC(=O)N(C)C(C)CCC(C)N(C)S. The average Bonchev–Trinajstić information content (AvgIpc) is 2.11. The minimum Gasteiger partial charge on any atom is -0.343 e. The molecule has 0 aliphatic carbocycles. The zero-order valence-corrected chi connectivity index (χ0v) is 10.7. The molecule has 0 saturated heterocycles. The fraction of sp³-hybridized carbons (Fsp3) is 0.900. The number of carbonyl (C=O) groups is 1. The number of rotatable bonds is 5. The monoisotopic (exact) mass is 218 g/mol. The van der Waals surface area contributed by atoms with E-state index in [4.69, 9.17) is 0 Å². The molecule has 2 atom stereocenters. The zero-order chi connectivity index (χ0) is 11.3. The van der Waals surface area contributed by atoms with Crippen molar-refractivity contribution in [2.24, 2.45) is 0 Å². The first-order valence-corrected chi connectivity index (χ1v) is 5.41. The van der Waals surface area contributed by atoms with Crippen LogP contribution in [-0.2, 0) is 4.79 Å². The largest absolute Gasteiger partial charge is 0.343 e. The number of amides is 1. The second kappa shape index (κ2) is 6.30. The van der Waals surface area contributed by atoms with Gasteiger partial charge in [0.2, 0.25) is 5.91 Å². The van der Waals surface area contributed by atoms with Gasteiger partial charge >= 0.3 is 0 Å². The lowest BCUT2D eigenvalue weighted by Gasteiger charge is -2.26. The molecule has 2 unspecified atom stereocenters. The fourth-order valence-corrected chi connectivity index (χ4v) is 1.29. The summed E-state index contributed by atoms with van der Waals surface area (Å²) >= 11 is 4.24. The molecule has 0 aromatic heterocycles. The Labute approximate surface area is 93.0 Å². The average molecular weight is 218 g/mol. The molecule has 0 spiro atoms. The zero-order valence-electron chi connectivity index (χ0n) is 9.82. The van der Waals surface area contributed by atoms with E-state index in [1.807, 2.05) is 18.4 Å². The molecule has 0 aromatic carbocycles. The van der Waals surface area contributed by atoms with Crippen LogP contribution in [0.3, 0.4) is 0 Å². The molecule has 0 rings (SSSR count). The van der Waals surface area contributed by atoms with E-state index in [1.165, 1.54) is 0 Å². The van der Waals surface area contributed by atoms with E-state index in [-0.39, 0.29) is 5.91 Å². The lowest BCUT2D eigenvalue weighted by molar-refractivity contribution is -0.129. The van der Waals surface area contributed by atoms with Gasteiger partial charge in [0.05, 0.1) is 0 Å². The Morgan fingerprint density at radius 3 is 2.00 bits per heavy atom. The van der Waals surface area contributed by atoms with Crippen molar-refractivity contribution in [1.82, 2.24) is 9.21 Å². The lowest BCUT2D eigenvalue weighted by atomic mass is 10.1. The van der Waals surface area contributed by atoms with Crippen molar-refractivity contribution in [2.75, 3.05) is 14.1 Å². The van der Waals surface area contributed by atoms with Crippen LogP contribution in [0.1, 0.15) is 33.6 Å². The summed E-state index contributed by atoms with van der Waals surface area (Å²) in [6.07, 6.45) is 2.07. The highest BCUT2D eigenvalue weighted by atomic mass is 32.1. The van der Waals surface area contributed by atoms with Crippen LogP contribution < -0.4 is 0 Å². The molecular weight excluding hydrogens is 196 g/mol. The van der Waals surface area contributed by atoms with Gasteiger partial charge in [-0.25, -0.2) is 0 Å². The van der Waals surface area contributed by atoms with Gasteiger partial charge in [-0.1, -0.05) is 12.8 Å². The Bertz CT molecular complexity index is 185. The van der Waals surface area contributed by atoms with Gasteiger partial charge in [0.1, 0.15) is 0 Å². The van der Waals surface area contributed by atoms with Crippen LogP contribution in [0.5, 0.6) is 0 Å². The van der Waals surface area contributed by atoms with E-state index in [2.05, 4.69) is 26.7 Å². The normalized spacial score (nSPS) is 15.4. The van der Waals surface area contributed by atoms with Gasteiger partial charge in [-0.2, -0.15) is 0 Å².